The summed E-state index contributed by atoms with van der Waals surface area (Å²) in [6.45, 7) is -0.157. The summed E-state index contributed by atoms with van der Waals surface area (Å²) in [5, 5.41) is 10.3. The van der Waals surface area contributed by atoms with Crippen molar-refractivity contribution in [2.75, 3.05) is 5.75 Å². The topological polar surface area (TPSA) is 81.3 Å². The number of alkyl halides is 1. The van der Waals surface area contributed by atoms with E-state index in [2.05, 4.69) is 0 Å². The Balaban J connectivity index is 2.31. The van der Waals surface area contributed by atoms with Gasteiger partial charge in [-0.3, -0.25) is 4.57 Å². The van der Waals surface area contributed by atoms with Gasteiger partial charge in [0.1, 0.15) is 11.5 Å². The first-order chi connectivity index (χ1) is 10.2. The third-order valence-electron chi connectivity index (χ3n) is 3.43. The molecule has 0 bridgehead atoms. The van der Waals surface area contributed by atoms with Crippen LogP contribution in [0.1, 0.15) is 10.4 Å². The second kappa shape index (κ2) is 5.00. The normalized spacial score (nSPS) is 19.9. The molecule has 1 aliphatic heterocycles. The smallest absolute Gasteiger partial charge is 0.336 e. The van der Waals surface area contributed by atoms with Gasteiger partial charge in [0.2, 0.25) is 5.88 Å². The minimum atomic E-state index is -3.68. The molecule has 10 heteroatoms. The van der Waals surface area contributed by atoms with Gasteiger partial charge in [-0.1, -0.05) is 23.2 Å². The maximum absolute atomic E-state index is 14.0. The van der Waals surface area contributed by atoms with E-state index in [1.807, 2.05) is 0 Å². The lowest BCUT2D eigenvalue weighted by atomic mass is 10.3. The average Bonchev–Trinajstić information content (AvgIpc) is 2.67. The maximum Gasteiger partial charge on any atom is 0.336 e. The number of hydrogen-bond acceptors (Lipinski definition) is 4. The van der Waals surface area contributed by atoms with E-state index in [4.69, 9.17) is 23.2 Å². The van der Waals surface area contributed by atoms with Gasteiger partial charge in [-0.2, -0.15) is 0 Å². The van der Waals surface area contributed by atoms with Gasteiger partial charge in [0.15, 0.2) is 14.5 Å². The molecular weight excluding hydrogens is 358 g/mol. The molecule has 1 atom stereocenters. The molecule has 118 valence electrons. The van der Waals surface area contributed by atoms with Gasteiger partial charge < -0.3 is 5.11 Å². The average molecular weight is 367 g/mol. The summed E-state index contributed by atoms with van der Waals surface area (Å²) in [5.74, 6) is -1.86. The molecule has 0 amide bonds. The van der Waals surface area contributed by atoms with Crippen LogP contribution in [0.2, 0.25) is 5.02 Å². The predicted molar refractivity (Wildman–Crippen MR) is 79.0 cm³/mol. The molecule has 1 N–H and O–H groups in total. The molecule has 1 aliphatic rings. The van der Waals surface area contributed by atoms with Crippen LogP contribution in [0.15, 0.2) is 23.0 Å². The lowest BCUT2D eigenvalue weighted by Gasteiger charge is -2.18. The Morgan fingerprint density at radius 2 is 2.05 bits per heavy atom. The van der Waals surface area contributed by atoms with E-state index in [9.17, 15) is 22.7 Å². The van der Waals surface area contributed by atoms with Crippen LogP contribution in [-0.4, -0.2) is 28.4 Å². The van der Waals surface area contributed by atoms with Crippen LogP contribution < -0.4 is 5.69 Å². The first-order valence-corrected chi connectivity index (χ1v) is 8.62. The third kappa shape index (κ3) is 2.13. The SMILES string of the molecule is O=c1n2c(c(O)n1-c1ccc(Cl)cc1F)C(Cl)S(=O)(=O)CC2. The van der Waals surface area contributed by atoms with Crippen LogP contribution >= 0.6 is 23.2 Å². The Kier molecular flexibility index (Phi) is 3.50. The summed E-state index contributed by atoms with van der Waals surface area (Å²) in [6.07, 6.45) is 0. The van der Waals surface area contributed by atoms with Crippen molar-refractivity contribution in [2.24, 2.45) is 0 Å². The molecule has 0 radical (unpaired) electrons. The molecular formula is C12H9Cl2FN2O4S. The van der Waals surface area contributed by atoms with E-state index >= 15 is 0 Å². The number of hydrogen-bond donors (Lipinski definition) is 1. The van der Waals surface area contributed by atoms with Gasteiger partial charge in [-0.05, 0) is 18.2 Å². The summed E-state index contributed by atoms with van der Waals surface area (Å²) in [6, 6.07) is 3.54. The fourth-order valence-corrected chi connectivity index (χ4v) is 4.22. The van der Waals surface area contributed by atoms with Crippen LogP contribution in [0, 0.1) is 5.82 Å². The van der Waals surface area contributed by atoms with Gasteiger partial charge in [0.05, 0.1) is 11.4 Å². The van der Waals surface area contributed by atoms with E-state index in [0.717, 1.165) is 10.6 Å². The lowest BCUT2D eigenvalue weighted by Crippen LogP contribution is -2.32. The van der Waals surface area contributed by atoms with Crippen molar-refractivity contribution in [3.63, 3.8) is 0 Å². The van der Waals surface area contributed by atoms with Crippen molar-refractivity contribution in [3.05, 3.63) is 45.2 Å². The Labute approximate surface area is 134 Å². The highest BCUT2D eigenvalue weighted by molar-refractivity contribution is 7.92. The molecule has 6 nitrogen and oxygen atoms in total. The number of sulfone groups is 1. The zero-order valence-electron chi connectivity index (χ0n) is 10.8. The minimum Gasteiger partial charge on any atom is -0.493 e. The lowest BCUT2D eigenvalue weighted by molar-refractivity contribution is 0.431. The summed E-state index contributed by atoms with van der Waals surface area (Å²) in [4.78, 5) is 12.3. The van der Waals surface area contributed by atoms with E-state index < -0.39 is 31.9 Å². The van der Waals surface area contributed by atoms with Crippen LogP contribution in [0.5, 0.6) is 5.88 Å². The number of halogens is 3. The Bertz CT molecular complexity index is 935. The zero-order valence-corrected chi connectivity index (χ0v) is 13.2. The fraction of sp³-hybridized carbons (Fsp3) is 0.250. The van der Waals surface area contributed by atoms with Gasteiger partial charge in [-0.15, -0.1) is 0 Å². The van der Waals surface area contributed by atoms with Crippen LogP contribution in [-0.2, 0) is 16.4 Å². The van der Waals surface area contributed by atoms with Crippen molar-refractivity contribution in [1.82, 2.24) is 9.13 Å². The fourth-order valence-electron chi connectivity index (χ4n) is 2.36. The third-order valence-corrected chi connectivity index (χ3v) is 6.30. The van der Waals surface area contributed by atoms with Gasteiger partial charge in [-0.25, -0.2) is 22.2 Å². The van der Waals surface area contributed by atoms with Crippen LogP contribution in [0.3, 0.4) is 0 Å². The molecule has 0 fully saturated rings. The number of nitrogens with zero attached hydrogens (tertiary/aromatic N) is 2. The number of rotatable bonds is 1. The molecule has 3 rings (SSSR count). The number of aromatic hydroxyl groups is 1. The first kappa shape index (κ1) is 15.4. The number of imidazole rings is 1. The van der Waals surface area contributed by atoms with Crippen molar-refractivity contribution in [1.29, 1.82) is 0 Å². The molecule has 0 aliphatic carbocycles. The molecule has 1 aromatic carbocycles. The second-order valence-corrected chi connectivity index (χ2v) is 8.09. The zero-order chi connectivity index (χ0) is 16.2. The molecule has 0 spiro atoms. The highest BCUT2D eigenvalue weighted by Gasteiger charge is 2.38. The van der Waals surface area contributed by atoms with Crippen molar-refractivity contribution < 1.29 is 17.9 Å². The number of benzene rings is 1. The maximum atomic E-state index is 14.0. The molecule has 0 saturated heterocycles. The molecule has 0 saturated carbocycles. The van der Waals surface area contributed by atoms with Gasteiger partial charge >= 0.3 is 5.69 Å². The van der Waals surface area contributed by atoms with E-state index in [-0.39, 0.29) is 28.7 Å². The summed E-state index contributed by atoms with van der Waals surface area (Å²) in [7, 11) is -3.68. The van der Waals surface area contributed by atoms with Crippen molar-refractivity contribution in [2.45, 2.75) is 11.3 Å². The molecule has 1 aromatic heterocycles. The first-order valence-electron chi connectivity index (χ1n) is 6.09. The molecule has 2 heterocycles. The Morgan fingerprint density at radius 1 is 1.36 bits per heavy atom. The number of aromatic nitrogens is 2. The monoisotopic (exact) mass is 366 g/mol. The van der Waals surface area contributed by atoms with Gasteiger partial charge in [0.25, 0.3) is 0 Å². The Morgan fingerprint density at radius 3 is 2.68 bits per heavy atom. The molecule has 22 heavy (non-hydrogen) atoms. The summed E-state index contributed by atoms with van der Waals surface area (Å²) in [5.41, 5.74) is -1.27. The Hall–Kier alpha value is -1.51. The van der Waals surface area contributed by atoms with Crippen molar-refractivity contribution >= 4 is 33.0 Å². The standard InChI is InChI=1S/C12H9Cl2FN2O4S/c13-6-1-2-8(7(15)5-6)17-11(18)9-10(14)22(20,21)4-3-16(9)12(17)19/h1-2,5,10,18H,3-4H2. The second-order valence-electron chi connectivity index (χ2n) is 4.76. The van der Waals surface area contributed by atoms with E-state index in [1.165, 1.54) is 12.1 Å². The highest BCUT2D eigenvalue weighted by Crippen LogP contribution is 2.37. The summed E-state index contributed by atoms with van der Waals surface area (Å²) < 4.78 is 37.7. The minimum absolute atomic E-state index is 0.121. The molecule has 2 aromatic rings. The van der Waals surface area contributed by atoms with Gasteiger partial charge in [0, 0.05) is 11.6 Å². The molecule has 1 unspecified atom stereocenters. The van der Waals surface area contributed by atoms with Crippen molar-refractivity contribution in [3.8, 4) is 11.6 Å². The largest absolute Gasteiger partial charge is 0.493 e. The quantitative estimate of drug-likeness (QED) is 0.780. The highest BCUT2D eigenvalue weighted by atomic mass is 35.5. The van der Waals surface area contributed by atoms with Crippen LogP contribution in [0.4, 0.5) is 4.39 Å². The van der Waals surface area contributed by atoms with Crippen LogP contribution in [0.25, 0.3) is 5.69 Å². The summed E-state index contributed by atoms with van der Waals surface area (Å²) >= 11 is 11.5. The number of fused-ring (bicyclic) bond motifs is 1. The predicted octanol–water partition coefficient (Wildman–Crippen LogP) is 1.80. The van der Waals surface area contributed by atoms with E-state index in [0.29, 0.717) is 4.57 Å². The van der Waals surface area contributed by atoms with E-state index in [1.54, 1.807) is 0 Å².